The SMILES string of the molecule is CCCCc1nc2ccc(C)cc2c(=O)n1Cc1ccc(OCc2ccccc2C(=O)O)c(C)c1. The maximum absolute atomic E-state index is 13.4. The summed E-state index contributed by atoms with van der Waals surface area (Å²) < 4.78 is 7.73. The molecule has 0 spiro atoms. The van der Waals surface area contributed by atoms with Gasteiger partial charge in [0.1, 0.15) is 18.2 Å². The van der Waals surface area contributed by atoms with Gasteiger partial charge in [0.25, 0.3) is 5.56 Å². The normalized spacial score (nSPS) is 11.1. The molecular formula is C29H30N2O4. The van der Waals surface area contributed by atoms with E-state index in [1.54, 1.807) is 28.8 Å². The molecule has 0 saturated heterocycles. The van der Waals surface area contributed by atoms with Crippen LogP contribution in [0.2, 0.25) is 0 Å². The van der Waals surface area contributed by atoms with Gasteiger partial charge in [-0.3, -0.25) is 9.36 Å². The minimum absolute atomic E-state index is 0.0203. The molecule has 0 atom stereocenters. The summed E-state index contributed by atoms with van der Waals surface area (Å²) in [5, 5.41) is 10.0. The number of hydrogen-bond acceptors (Lipinski definition) is 4. The van der Waals surface area contributed by atoms with Crippen LogP contribution in [-0.2, 0) is 19.6 Å². The lowest BCUT2D eigenvalue weighted by Gasteiger charge is -2.16. The number of hydrogen-bond donors (Lipinski definition) is 1. The Balaban J connectivity index is 1.61. The molecule has 1 N–H and O–H groups in total. The first-order chi connectivity index (χ1) is 16.9. The summed E-state index contributed by atoms with van der Waals surface area (Å²) in [5.41, 5.74) is 4.51. The molecule has 3 aromatic carbocycles. The molecule has 0 amide bonds. The zero-order valence-corrected chi connectivity index (χ0v) is 20.4. The standard InChI is InChI=1S/C29H30N2O4/c1-4-5-10-27-30-25-13-11-19(2)15-24(25)28(32)31(27)17-21-12-14-26(20(3)16-21)35-18-22-8-6-7-9-23(22)29(33)34/h6-9,11-16H,4-5,10,17-18H2,1-3H3,(H,33,34). The van der Waals surface area contributed by atoms with E-state index in [1.807, 2.05) is 50.2 Å². The van der Waals surface area contributed by atoms with Crippen LogP contribution in [0.5, 0.6) is 5.75 Å². The number of rotatable bonds is 9. The second-order valence-electron chi connectivity index (χ2n) is 8.89. The fraction of sp³-hybridized carbons (Fsp3) is 0.276. The van der Waals surface area contributed by atoms with Gasteiger partial charge >= 0.3 is 5.97 Å². The smallest absolute Gasteiger partial charge is 0.336 e. The number of benzene rings is 3. The van der Waals surface area contributed by atoms with Crippen molar-refractivity contribution >= 4 is 16.9 Å². The van der Waals surface area contributed by atoms with Crippen molar-refractivity contribution in [2.45, 2.75) is 53.2 Å². The van der Waals surface area contributed by atoms with Gasteiger partial charge < -0.3 is 9.84 Å². The van der Waals surface area contributed by atoms with E-state index in [2.05, 4.69) is 6.92 Å². The lowest BCUT2D eigenvalue weighted by Crippen LogP contribution is -2.26. The fourth-order valence-electron chi connectivity index (χ4n) is 4.23. The van der Waals surface area contributed by atoms with Gasteiger partial charge in [-0.25, -0.2) is 9.78 Å². The zero-order chi connectivity index (χ0) is 24.9. The molecule has 180 valence electrons. The van der Waals surface area contributed by atoms with Gasteiger partial charge in [0, 0.05) is 12.0 Å². The van der Waals surface area contributed by atoms with Crippen LogP contribution in [0.1, 0.15) is 58.2 Å². The minimum atomic E-state index is -0.972. The first-order valence-corrected chi connectivity index (χ1v) is 11.9. The molecule has 0 bridgehead atoms. The van der Waals surface area contributed by atoms with Crippen molar-refractivity contribution in [2.24, 2.45) is 0 Å². The predicted molar refractivity (Wildman–Crippen MR) is 137 cm³/mol. The first kappa shape index (κ1) is 24.2. The number of nitrogens with zero attached hydrogens (tertiary/aromatic N) is 2. The highest BCUT2D eigenvalue weighted by atomic mass is 16.5. The molecule has 0 unspecified atom stereocenters. The van der Waals surface area contributed by atoms with E-state index in [0.29, 0.717) is 23.2 Å². The Morgan fingerprint density at radius 2 is 1.86 bits per heavy atom. The van der Waals surface area contributed by atoms with E-state index >= 15 is 0 Å². The summed E-state index contributed by atoms with van der Waals surface area (Å²) in [7, 11) is 0. The van der Waals surface area contributed by atoms with Crippen LogP contribution in [0.15, 0.2) is 65.5 Å². The van der Waals surface area contributed by atoms with Gasteiger partial charge in [-0.05, 0) is 55.7 Å². The van der Waals surface area contributed by atoms with Crippen LogP contribution >= 0.6 is 0 Å². The van der Waals surface area contributed by atoms with Crippen LogP contribution in [0.3, 0.4) is 0 Å². The highest BCUT2D eigenvalue weighted by molar-refractivity contribution is 5.89. The molecule has 0 fully saturated rings. The average Bonchev–Trinajstić information content (AvgIpc) is 2.84. The van der Waals surface area contributed by atoms with E-state index < -0.39 is 5.97 Å². The Hall–Kier alpha value is -3.93. The van der Waals surface area contributed by atoms with Gasteiger partial charge in [-0.2, -0.15) is 0 Å². The number of aromatic carboxylic acids is 1. The minimum Gasteiger partial charge on any atom is -0.489 e. The topological polar surface area (TPSA) is 81.4 Å². The summed E-state index contributed by atoms with van der Waals surface area (Å²) in [6.45, 7) is 6.65. The molecule has 0 saturated carbocycles. The molecule has 1 heterocycles. The van der Waals surface area contributed by atoms with Crippen molar-refractivity contribution in [1.82, 2.24) is 9.55 Å². The molecular weight excluding hydrogens is 440 g/mol. The summed E-state index contributed by atoms with van der Waals surface area (Å²) in [4.78, 5) is 29.7. The van der Waals surface area contributed by atoms with Crippen LogP contribution in [0.25, 0.3) is 10.9 Å². The van der Waals surface area contributed by atoms with Crippen molar-refractivity contribution in [3.05, 3.63) is 105 Å². The second kappa shape index (κ2) is 10.6. The molecule has 35 heavy (non-hydrogen) atoms. The zero-order valence-electron chi connectivity index (χ0n) is 20.4. The number of fused-ring (bicyclic) bond motifs is 1. The Labute approximate surface area is 204 Å². The Kier molecular flexibility index (Phi) is 7.30. The van der Waals surface area contributed by atoms with E-state index in [4.69, 9.17) is 9.72 Å². The molecule has 4 rings (SSSR count). The molecule has 6 nitrogen and oxygen atoms in total. The van der Waals surface area contributed by atoms with Crippen molar-refractivity contribution in [3.63, 3.8) is 0 Å². The lowest BCUT2D eigenvalue weighted by atomic mass is 10.1. The molecule has 6 heteroatoms. The van der Waals surface area contributed by atoms with Gasteiger partial charge in [0.05, 0.1) is 23.0 Å². The average molecular weight is 471 g/mol. The predicted octanol–water partition coefficient (Wildman–Crippen LogP) is 5.68. The van der Waals surface area contributed by atoms with E-state index in [1.165, 1.54) is 0 Å². The number of aryl methyl sites for hydroxylation is 3. The Morgan fingerprint density at radius 3 is 2.60 bits per heavy atom. The number of carboxylic acids is 1. The van der Waals surface area contributed by atoms with Gasteiger partial charge in [0.2, 0.25) is 0 Å². The monoisotopic (exact) mass is 470 g/mol. The summed E-state index contributed by atoms with van der Waals surface area (Å²) in [6, 6.07) is 18.5. The number of unbranched alkanes of at least 4 members (excludes halogenated alkanes) is 1. The molecule has 0 aliphatic rings. The Morgan fingerprint density at radius 1 is 1.06 bits per heavy atom. The lowest BCUT2D eigenvalue weighted by molar-refractivity contribution is 0.0694. The second-order valence-corrected chi connectivity index (χ2v) is 8.89. The third kappa shape index (κ3) is 5.43. The van der Waals surface area contributed by atoms with Gasteiger partial charge in [0.15, 0.2) is 0 Å². The molecule has 0 radical (unpaired) electrons. The maximum atomic E-state index is 13.4. The van der Waals surface area contributed by atoms with Crippen molar-refractivity contribution in [1.29, 1.82) is 0 Å². The number of carboxylic acid groups (broad SMARTS) is 1. The highest BCUT2D eigenvalue weighted by Crippen LogP contribution is 2.22. The largest absolute Gasteiger partial charge is 0.489 e. The number of carbonyl (C=O) groups is 1. The summed E-state index contributed by atoms with van der Waals surface area (Å²) >= 11 is 0. The third-order valence-electron chi connectivity index (χ3n) is 6.15. The van der Waals surface area contributed by atoms with Crippen LogP contribution < -0.4 is 10.3 Å². The molecule has 1 aromatic heterocycles. The van der Waals surface area contributed by atoms with E-state index in [9.17, 15) is 14.7 Å². The van der Waals surface area contributed by atoms with Crippen molar-refractivity contribution in [2.75, 3.05) is 0 Å². The maximum Gasteiger partial charge on any atom is 0.336 e. The van der Waals surface area contributed by atoms with Crippen LogP contribution in [-0.4, -0.2) is 20.6 Å². The molecule has 0 aliphatic carbocycles. The highest BCUT2D eigenvalue weighted by Gasteiger charge is 2.13. The first-order valence-electron chi connectivity index (χ1n) is 11.9. The summed E-state index contributed by atoms with van der Waals surface area (Å²) in [6.07, 6.45) is 2.74. The van der Waals surface area contributed by atoms with Gasteiger partial charge in [-0.1, -0.05) is 55.3 Å². The molecule has 4 aromatic rings. The van der Waals surface area contributed by atoms with Crippen LogP contribution in [0.4, 0.5) is 0 Å². The van der Waals surface area contributed by atoms with Crippen molar-refractivity contribution in [3.8, 4) is 5.75 Å². The van der Waals surface area contributed by atoms with Crippen LogP contribution in [0, 0.1) is 13.8 Å². The summed E-state index contributed by atoms with van der Waals surface area (Å²) in [5.74, 6) is 0.510. The molecule has 0 aliphatic heterocycles. The fourth-order valence-corrected chi connectivity index (χ4v) is 4.23. The van der Waals surface area contributed by atoms with Gasteiger partial charge in [-0.15, -0.1) is 0 Å². The van der Waals surface area contributed by atoms with Crippen molar-refractivity contribution < 1.29 is 14.6 Å². The van der Waals surface area contributed by atoms with E-state index in [0.717, 1.165) is 47.3 Å². The number of ether oxygens (including phenoxy) is 1. The quantitative estimate of drug-likeness (QED) is 0.340. The Bertz CT molecular complexity index is 1440. The number of aromatic nitrogens is 2. The third-order valence-corrected chi connectivity index (χ3v) is 6.15. The van der Waals surface area contributed by atoms with E-state index in [-0.39, 0.29) is 17.7 Å².